The molecule has 0 unspecified atom stereocenters. The second-order valence-corrected chi connectivity index (χ2v) is 5.96. The Kier molecular flexibility index (Phi) is 6.12. The van der Waals surface area contributed by atoms with Crippen molar-refractivity contribution in [2.75, 3.05) is 5.32 Å². The maximum absolute atomic E-state index is 12.3. The zero-order valence-corrected chi connectivity index (χ0v) is 15.1. The average Bonchev–Trinajstić information content (AvgIpc) is 2.73. The van der Waals surface area contributed by atoms with Crippen molar-refractivity contribution in [1.29, 1.82) is 0 Å². The third-order valence-corrected chi connectivity index (χ3v) is 3.90. The summed E-state index contributed by atoms with van der Waals surface area (Å²) in [7, 11) is 0. The van der Waals surface area contributed by atoms with Gasteiger partial charge in [0.2, 0.25) is 5.91 Å². The molecule has 3 rings (SSSR count). The molecular weight excluding hydrogens is 372 g/mol. The number of non-ortho nitro benzene ring substituents is 1. The number of aldehydes is 1. The minimum atomic E-state index is -0.508. The van der Waals surface area contributed by atoms with E-state index in [9.17, 15) is 19.7 Å². The van der Waals surface area contributed by atoms with Gasteiger partial charge in [0.05, 0.1) is 10.6 Å². The van der Waals surface area contributed by atoms with E-state index in [4.69, 9.17) is 4.74 Å². The number of benzene rings is 3. The molecule has 0 aromatic heterocycles. The summed E-state index contributed by atoms with van der Waals surface area (Å²) in [5.74, 6) is 0.588. The standard InChI is InChI=1S/C22H16N2O5/c25-15-17-10-11-20(29-19-7-2-1-3-8-19)14-21(17)23-22(26)12-9-16-5-4-6-18(13-16)24(27)28/h1-15H,(H,23,26)/b12-9+. The normalized spacial score (nSPS) is 10.5. The summed E-state index contributed by atoms with van der Waals surface area (Å²) in [6, 6.07) is 19.7. The zero-order chi connectivity index (χ0) is 20.6. The van der Waals surface area contributed by atoms with Crippen molar-refractivity contribution >= 4 is 29.6 Å². The number of hydrogen-bond acceptors (Lipinski definition) is 5. The van der Waals surface area contributed by atoms with Crippen LogP contribution in [0.3, 0.4) is 0 Å². The van der Waals surface area contributed by atoms with Gasteiger partial charge >= 0.3 is 0 Å². The molecule has 0 aliphatic rings. The molecule has 0 heterocycles. The van der Waals surface area contributed by atoms with Crippen molar-refractivity contribution in [3.8, 4) is 11.5 Å². The summed E-state index contributed by atoms with van der Waals surface area (Å²) in [5, 5.41) is 13.4. The SMILES string of the molecule is O=Cc1ccc(Oc2ccccc2)cc1NC(=O)/C=C/c1cccc([N+](=O)[O-])c1. The van der Waals surface area contributed by atoms with Gasteiger partial charge in [-0.25, -0.2) is 0 Å². The topological polar surface area (TPSA) is 98.5 Å². The second-order valence-electron chi connectivity index (χ2n) is 5.96. The molecule has 0 atom stereocenters. The van der Waals surface area contributed by atoms with E-state index in [1.54, 1.807) is 36.4 Å². The second kappa shape index (κ2) is 9.09. The number of amides is 1. The lowest BCUT2D eigenvalue weighted by Crippen LogP contribution is -2.09. The Morgan fingerprint density at radius 2 is 1.76 bits per heavy atom. The molecule has 0 fully saturated rings. The van der Waals surface area contributed by atoms with Crippen LogP contribution in [0.1, 0.15) is 15.9 Å². The van der Waals surface area contributed by atoms with Crippen molar-refractivity contribution < 1.29 is 19.2 Å². The van der Waals surface area contributed by atoms with E-state index < -0.39 is 10.8 Å². The molecule has 0 bridgehead atoms. The molecule has 0 radical (unpaired) electrons. The number of nitro benzene ring substituents is 1. The number of carbonyl (C=O) groups is 2. The van der Waals surface area contributed by atoms with E-state index in [2.05, 4.69) is 5.32 Å². The Bertz CT molecular complexity index is 1080. The number of nitrogens with zero attached hydrogens (tertiary/aromatic N) is 1. The highest BCUT2D eigenvalue weighted by Crippen LogP contribution is 2.26. The quantitative estimate of drug-likeness (QED) is 0.270. The lowest BCUT2D eigenvalue weighted by atomic mass is 10.1. The van der Waals surface area contributed by atoms with Crippen LogP contribution >= 0.6 is 0 Å². The number of anilines is 1. The van der Waals surface area contributed by atoms with Gasteiger partial charge in [0, 0.05) is 29.8 Å². The van der Waals surface area contributed by atoms with Crippen molar-refractivity contribution in [2.24, 2.45) is 0 Å². The number of para-hydroxylation sites is 1. The third-order valence-electron chi connectivity index (χ3n) is 3.90. The van der Waals surface area contributed by atoms with Crippen molar-refractivity contribution in [3.05, 3.63) is 100 Å². The first-order valence-corrected chi connectivity index (χ1v) is 8.61. The van der Waals surface area contributed by atoms with Crippen LogP contribution in [0.15, 0.2) is 78.9 Å². The summed E-state index contributed by atoms with van der Waals surface area (Å²) in [4.78, 5) is 33.9. The first-order valence-electron chi connectivity index (χ1n) is 8.61. The molecule has 0 saturated heterocycles. The zero-order valence-electron chi connectivity index (χ0n) is 15.1. The van der Waals surface area contributed by atoms with Crippen LogP contribution in [-0.2, 0) is 4.79 Å². The van der Waals surface area contributed by atoms with Crippen LogP contribution in [0.25, 0.3) is 6.08 Å². The Hall–Kier alpha value is -4.26. The van der Waals surface area contributed by atoms with Gasteiger partial charge in [-0.2, -0.15) is 0 Å². The van der Waals surface area contributed by atoms with Gasteiger partial charge < -0.3 is 10.1 Å². The Morgan fingerprint density at radius 1 is 0.966 bits per heavy atom. The van der Waals surface area contributed by atoms with E-state index in [0.717, 1.165) is 0 Å². The molecule has 1 amide bonds. The van der Waals surface area contributed by atoms with Crippen LogP contribution < -0.4 is 10.1 Å². The van der Waals surface area contributed by atoms with Gasteiger partial charge in [-0.05, 0) is 35.9 Å². The molecule has 0 saturated carbocycles. The number of rotatable bonds is 7. The Balaban J connectivity index is 1.75. The molecule has 0 spiro atoms. The van der Waals surface area contributed by atoms with Crippen LogP contribution in [0.4, 0.5) is 11.4 Å². The largest absolute Gasteiger partial charge is 0.457 e. The minimum Gasteiger partial charge on any atom is -0.457 e. The van der Waals surface area contributed by atoms with Crippen LogP contribution in [-0.4, -0.2) is 17.1 Å². The molecule has 7 heteroatoms. The number of carbonyl (C=O) groups excluding carboxylic acids is 2. The number of ether oxygens (including phenoxy) is 1. The number of hydrogen-bond donors (Lipinski definition) is 1. The van der Waals surface area contributed by atoms with E-state index >= 15 is 0 Å². The summed E-state index contributed by atoms with van der Waals surface area (Å²) >= 11 is 0. The molecule has 1 N–H and O–H groups in total. The Morgan fingerprint density at radius 3 is 2.48 bits per heavy atom. The van der Waals surface area contributed by atoms with E-state index in [-0.39, 0.29) is 5.69 Å². The van der Waals surface area contributed by atoms with Gasteiger partial charge in [-0.15, -0.1) is 0 Å². The minimum absolute atomic E-state index is 0.0680. The average molecular weight is 388 g/mol. The maximum Gasteiger partial charge on any atom is 0.270 e. The smallest absolute Gasteiger partial charge is 0.270 e. The highest BCUT2D eigenvalue weighted by atomic mass is 16.6. The summed E-state index contributed by atoms with van der Waals surface area (Å²) < 4.78 is 5.72. The Labute approximate surface area is 166 Å². The van der Waals surface area contributed by atoms with Crippen molar-refractivity contribution in [3.63, 3.8) is 0 Å². The molecule has 3 aromatic rings. The molecule has 29 heavy (non-hydrogen) atoms. The fourth-order valence-corrected chi connectivity index (χ4v) is 2.52. The predicted molar refractivity (Wildman–Crippen MR) is 109 cm³/mol. The molecule has 3 aromatic carbocycles. The van der Waals surface area contributed by atoms with E-state index in [1.807, 2.05) is 18.2 Å². The van der Waals surface area contributed by atoms with Crippen molar-refractivity contribution in [2.45, 2.75) is 0 Å². The highest BCUT2D eigenvalue weighted by Gasteiger charge is 2.08. The molecule has 0 aliphatic heterocycles. The van der Waals surface area contributed by atoms with Crippen LogP contribution in [0, 0.1) is 10.1 Å². The number of nitrogens with one attached hydrogen (secondary N) is 1. The third kappa shape index (κ3) is 5.36. The monoisotopic (exact) mass is 388 g/mol. The summed E-state index contributed by atoms with van der Waals surface area (Å²) in [6.07, 6.45) is 3.32. The molecular formula is C22H16N2O5. The van der Waals surface area contributed by atoms with Gasteiger partial charge in [0.1, 0.15) is 11.5 Å². The first kappa shape index (κ1) is 19.5. The van der Waals surface area contributed by atoms with Gasteiger partial charge in [0.15, 0.2) is 6.29 Å². The first-order chi connectivity index (χ1) is 14.0. The predicted octanol–water partition coefficient (Wildman–Crippen LogP) is 4.85. The fraction of sp³-hybridized carbons (Fsp3) is 0. The van der Waals surface area contributed by atoms with Gasteiger partial charge in [0.25, 0.3) is 5.69 Å². The van der Waals surface area contributed by atoms with E-state index in [0.29, 0.717) is 34.6 Å². The molecule has 144 valence electrons. The van der Waals surface area contributed by atoms with Gasteiger partial charge in [-0.3, -0.25) is 19.7 Å². The highest BCUT2D eigenvalue weighted by molar-refractivity contribution is 6.04. The lowest BCUT2D eigenvalue weighted by molar-refractivity contribution is -0.384. The van der Waals surface area contributed by atoms with Crippen LogP contribution in [0.2, 0.25) is 0 Å². The summed E-state index contributed by atoms with van der Waals surface area (Å²) in [5.41, 5.74) is 1.03. The van der Waals surface area contributed by atoms with Crippen molar-refractivity contribution in [1.82, 2.24) is 0 Å². The van der Waals surface area contributed by atoms with E-state index in [1.165, 1.54) is 30.4 Å². The van der Waals surface area contributed by atoms with Crippen LogP contribution in [0.5, 0.6) is 11.5 Å². The lowest BCUT2D eigenvalue weighted by Gasteiger charge is -2.10. The summed E-state index contributed by atoms with van der Waals surface area (Å²) in [6.45, 7) is 0. The maximum atomic E-state index is 12.3. The fourth-order valence-electron chi connectivity index (χ4n) is 2.52. The van der Waals surface area contributed by atoms with Gasteiger partial charge in [-0.1, -0.05) is 30.3 Å². The molecule has 0 aliphatic carbocycles. The number of nitro groups is 1. The molecule has 7 nitrogen and oxygen atoms in total.